The van der Waals surface area contributed by atoms with E-state index in [4.69, 9.17) is 9.78 Å². The van der Waals surface area contributed by atoms with Crippen molar-refractivity contribution in [3.8, 4) is 17.5 Å². The van der Waals surface area contributed by atoms with E-state index in [-0.39, 0.29) is 17.3 Å². The molecule has 2 atom stereocenters. The Morgan fingerprint density at radius 2 is 2.00 bits per heavy atom. The van der Waals surface area contributed by atoms with Crippen molar-refractivity contribution >= 4 is 0 Å². The summed E-state index contributed by atoms with van der Waals surface area (Å²) in [5, 5.41) is 13.0. The van der Waals surface area contributed by atoms with Crippen molar-refractivity contribution < 1.29 is 4.52 Å². The first-order valence-corrected chi connectivity index (χ1v) is 5.93. The minimum atomic E-state index is -0.0603. The normalized spacial score (nSPS) is 24.5. The van der Waals surface area contributed by atoms with Gasteiger partial charge in [0.05, 0.1) is 17.9 Å². The lowest BCUT2D eigenvalue weighted by atomic mass is 10.1. The summed E-state index contributed by atoms with van der Waals surface area (Å²) in [6.07, 6.45) is 0. The molecule has 0 amide bonds. The van der Waals surface area contributed by atoms with Crippen molar-refractivity contribution in [1.82, 2.24) is 10.1 Å². The second kappa shape index (κ2) is 3.67. The molecule has 2 unspecified atom stereocenters. The average molecular weight is 239 g/mol. The molecule has 2 aromatic rings. The van der Waals surface area contributed by atoms with Crippen LogP contribution in [0.2, 0.25) is 0 Å². The molecular weight excluding hydrogens is 226 g/mol. The molecule has 0 N–H and O–H groups in total. The Hall–Kier alpha value is -2.15. The molecule has 1 saturated carbocycles. The summed E-state index contributed by atoms with van der Waals surface area (Å²) in [6, 6.07) is 12.0. The Morgan fingerprint density at radius 1 is 1.28 bits per heavy atom. The van der Waals surface area contributed by atoms with Gasteiger partial charge in [-0.05, 0) is 5.41 Å². The fraction of sp³-hybridized carbons (Fsp3) is 0.357. The number of nitrogens with zero attached hydrogens (tertiary/aromatic N) is 3. The molecule has 1 heterocycles. The molecule has 90 valence electrons. The third-order valence-corrected chi connectivity index (χ3v) is 3.71. The van der Waals surface area contributed by atoms with Crippen LogP contribution in [0.5, 0.6) is 0 Å². The summed E-state index contributed by atoms with van der Waals surface area (Å²) in [4.78, 5) is 4.41. The number of benzene rings is 1. The first-order valence-electron chi connectivity index (χ1n) is 5.93. The summed E-state index contributed by atoms with van der Waals surface area (Å²) in [7, 11) is 0. The molecule has 1 aromatic carbocycles. The highest BCUT2D eigenvalue weighted by atomic mass is 16.5. The van der Waals surface area contributed by atoms with Gasteiger partial charge in [0.2, 0.25) is 11.7 Å². The molecule has 1 aliphatic carbocycles. The number of aromatic nitrogens is 2. The third kappa shape index (κ3) is 1.52. The van der Waals surface area contributed by atoms with Crippen molar-refractivity contribution in [3.63, 3.8) is 0 Å². The lowest BCUT2D eigenvalue weighted by Gasteiger charge is -1.95. The van der Waals surface area contributed by atoms with Gasteiger partial charge < -0.3 is 4.52 Å². The number of hydrogen-bond acceptors (Lipinski definition) is 4. The van der Waals surface area contributed by atoms with E-state index in [1.807, 2.05) is 30.3 Å². The smallest absolute Gasteiger partial charge is 0.232 e. The molecule has 1 fully saturated rings. The van der Waals surface area contributed by atoms with Gasteiger partial charge >= 0.3 is 0 Å². The molecule has 0 spiro atoms. The molecule has 1 aromatic heterocycles. The molecule has 0 bridgehead atoms. The topological polar surface area (TPSA) is 62.7 Å². The van der Waals surface area contributed by atoms with Crippen molar-refractivity contribution in [2.24, 2.45) is 11.3 Å². The number of rotatable bonds is 2. The zero-order valence-electron chi connectivity index (χ0n) is 10.3. The SMILES string of the molecule is CC1(C)C(C#N)C1c1nc(-c2ccccc2)no1. The van der Waals surface area contributed by atoms with Crippen LogP contribution in [0.1, 0.15) is 25.7 Å². The molecule has 1 aliphatic rings. The maximum absolute atomic E-state index is 9.06. The fourth-order valence-corrected chi connectivity index (χ4v) is 2.41. The van der Waals surface area contributed by atoms with Crippen LogP contribution < -0.4 is 0 Å². The minimum Gasteiger partial charge on any atom is -0.339 e. The molecule has 0 saturated heterocycles. The van der Waals surface area contributed by atoms with Gasteiger partial charge in [-0.25, -0.2) is 0 Å². The van der Waals surface area contributed by atoms with Crippen LogP contribution in [-0.4, -0.2) is 10.1 Å². The van der Waals surface area contributed by atoms with Crippen molar-refractivity contribution in [2.75, 3.05) is 0 Å². The monoisotopic (exact) mass is 239 g/mol. The van der Waals surface area contributed by atoms with Crippen LogP contribution in [-0.2, 0) is 0 Å². The van der Waals surface area contributed by atoms with E-state index in [1.165, 1.54) is 0 Å². The summed E-state index contributed by atoms with van der Waals surface area (Å²) in [6.45, 7) is 4.11. The Morgan fingerprint density at radius 3 is 2.61 bits per heavy atom. The predicted molar refractivity (Wildman–Crippen MR) is 65.4 cm³/mol. The van der Waals surface area contributed by atoms with Gasteiger partial charge in [-0.15, -0.1) is 0 Å². The fourth-order valence-electron chi connectivity index (χ4n) is 2.41. The van der Waals surface area contributed by atoms with Gasteiger partial charge in [0.1, 0.15) is 0 Å². The van der Waals surface area contributed by atoms with Crippen LogP contribution in [0.4, 0.5) is 0 Å². The van der Waals surface area contributed by atoms with E-state index in [0.717, 1.165) is 5.56 Å². The lowest BCUT2D eigenvalue weighted by molar-refractivity contribution is 0.368. The van der Waals surface area contributed by atoms with Gasteiger partial charge in [-0.3, -0.25) is 0 Å². The standard InChI is InChI=1S/C14H13N3O/c1-14(2)10(8-15)11(14)13-16-12(17-18-13)9-6-4-3-5-7-9/h3-7,10-11H,1-2H3. The van der Waals surface area contributed by atoms with Gasteiger partial charge in [0, 0.05) is 5.56 Å². The maximum atomic E-state index is 9.06. The van der Waals surface area contributed by atoms with Crippen LogP contribution >= 0.6 is 0 Å². The predicted octanol–water partition coefficient (Wildman–Crippen LogP) is 3.00. The molecule has 18 heavy (non-hydrogen) atoms. The van der Waals surface area contributed by atoms with Crippen molar-refractivity contribution in [2.45, 2.75) is 19.8 Å². The molecule has 0 aliphatic heterocycles. The molecule has 3 rings (SSSR count). The first kappa shape index (κ1) is 11.0. The third-order valence-electron chi connectivity index (χ3n) is 3.71. The van der Waals surface area contributed by atoms with Crippen LogP contribution in [0.3, 0.4) is 0 Å². The van der Waals surface area contributed by atoms with E-state index >= 15 is 0 Å². The van der Waals surface area contributed by atoms with E-state index in [1.54, 1.807) is 0 Å². The van der Waals surface area contributed by atoms with E-state index in [0.29, 0.717) is 11.7 Å². The highest BCUT2D eigenvalue weighted by Crippen LogP contribution is 2.63. The Balaban J connectivity index is 1.91. The van der Waals surface area contributed by atoms with Gasteiger partial charge in [0.15, 0.2) is 0 Å². The lowest BCUT2D eigenvalue weighted by Crippen LogP contribution is -1.90. The van der Waals surface area contributed by atoms with E-state index < -0.39 is 0 Å². The molecule has 0 radical (unpaired) electrons. The second-order valence-electron chi connectivity index (χ2n) is 5.23. The van der Waals surface area contributed by atoms with Gasteiger partial charge in [0.25, 0.3) is 0 Å². The summed E-state index contributed by atoms with van der Waals surface area (Å²) >= 11 is 0. The van der Waals surface area contributed by atoms with Gasteiger partial charge in [-0.1, -0.05) is 49.3 Å². The van der Waals surface area contributed by atoms with Crippen LogP contribution in [0, 0.1) is 22.7 Å². The van der Waals surface area contributed by atoms with Crippen LogP contribution in [0.15, 0.2) is 34.9 Å². The first-order chi connectivity index (χ1) is 8.64. The summed E-state index contributed by atoms with van der Waals surface area (Å²) < 4.78 is 5.30. The Kier molecular flexibility index (Phi) is 2.24. The van der Waals surface area contributed by atoms with Crippen LogP contribution in [0.25, 0.3) is 11.4 Å². The summed E-state index contributed by atoms with van der Waals surface area (Å²) in [5.74, 6) is 1.20. The number of hydrogen-bond donors (Lipinski definition) is 0. The second-order valence-corrected chi connectivity index (χ2v) is 5.23. The highest BCUT2D eigenvalue weighted by Gasteiger charge is 2.62. The largest absolute Gasteiger partial charge is 0.339 e. The molecule has 4 heteroatoms. The molecule has 4 nitrogen and oxygen atoms in total. The zero-order valence-corrected chi connectivity index (χ0v) is 10.3. The average Bonchev–Trinajstić information content (AvgIpc) is 2.77. The maximum Gasteiger partial charge on any atom is 0.232 e. The summed E-state index contributed by atoms with van der Waals surface area (Å²) in [5.41, 5.74) is 0.870. The zero-order chi connectivity index (χ0) is 12.8. The number of nitriles is 1. The van der Waals surface area contributed by atoms with E-state index in [2.05, 4.69) is 30.1 Å². The van der Waals surface area contributed by atoms with E-state index in [9.17, 15) is 0 Å². The Labute approximate surface area is 105 Å². The van der Waals surface area contributed by atoms with Crippen molar-refractivity contribution in [1.29, 1.82) is 5.26 Å². The highest BCUT2D eigenvalue weighted by molar-refractivity contribution is 5.53. The van der Waals surface area contributed by atoms with Crippen molar-refractivity contribution in [3.05, 3.63) is 36.2 Å². The molecular formula is C14H13N3O. The Bertz CT molecular complexity index is 609. The quantitative estimate of drug-likeness (QED) is 0.808. The minimum absolute atomic E-state index is 0.0263. The van der Waals surface area contributed by atoms with Gasteiger partial charge in [-0.2, -0.15) is 10.2 Å².